The molecule has 0 amide bonds. The summed E-state index contributed by atoms with van der Waals surface area (Å²) in [5.74, 6) is 0.722. The number of hydrogen-bond donors (Lipinski definition) is 1. The van der Waals surface area contributed by atoms with Crippen molar-refractivity contribution in [3.05, 3.63) is 0 Å². The molecule has 0 bridgehead atoms. The van der Waals surface area contributed by atoms with E-state index in [4.69, 9.17) is 0 Å². The minimum Gasteiger partial charge on any atom is -0.389 e. The molecule has 17 heavy (non-hydrogen) atoms. The molecule has 0 aromatic rings. The van der Waals surface area contributed by atoms with Crippen LogP contribution in [0.2, 0.25) is 0 Å². The number of sulfone groups is 1. The highest BCUT2D eigenvalue weighted by Crippen LogP contribution is 2.40. The van der Waals surface area contributed by atoms with E-state index in [-0.39, 0.29) is 0 Å². The summed E-state index contributed by atoms with van der Waals surface area (Å²) >= 11 is 0. The zero-order valence-electron chi connectivity index (χ0n) is 10.7. The molecular weight excluding hydrogens is 236 g/mol. The Labute approximate surface area is 105 Å². The highest BCUT2D eigenvalue weighted by atomic mass is 32.2. The van der Waals surface area contributed by atoms with Gasteiger partial charge in [0, 0.05) is 6.26 Å². The maximum atomic E-state index is 11.7. The molecule has 2 aliphatic rings. The van der Waals surface area contributed by atoms with Gasteiger partial charge in [0.2, 0.25) is 0 Å². The zero-order valence-corrected chi connectivity index (χ0v) is 11.5. The second-order valence-corrected chi connectivity index (χ2v) is 8.23. The predicted molar refractivity (Wildman–Crippen MR) is 68.6 cm³/mol. The largest absolute Gasteiger partial charge is 0.389 e. The summed E-state index contributed by atoms with van der Waals surface area (Å²) in [7, 11) is -3.11. The van der Waals surface area contributed by atoms with Gasteiger partial charge in [0.25, 0.3) is 0 Å². The lowest BCUT2D eigenvalue weighted by Crippen LogP contribution is -2.42. The number of rotatable bonds is 4. The first-order chi connectivity index (χ1) is 7.92. The first-order valence-corrected chi connectivity index (χ1v) is 8.78. The molecule has 2 rings (SSSR count). The maximum absolute atomic E-state index is 11.7. The third-order valence-corrected chi connectivity index (χ3v) is 6.36. The van der Waals surface area contributed by atoms with Crippen molar-refractivity contribution in [1.29, 1.82) is 0 Å². The van der Waals surface area contributed by atoms with Crippen molar-refractivity contribution >= 4 is 9.84 Å². The lowest BCUT2D eigenvalue weighted by Gasteiger charge is -2.30. The van der Waals surface area contributed by atoms with Crippen molar-refractivity contribution in [2.45, 2.75) is 68.6 Å². The minimum atomic E-state index is -3.11. The van der Waals surface area contributed by atoms with Gasteiger partial charge in [-0.1, -0.05) is 25.7 Å². The summed E-state index contributed by atoms with van der Waals surface area (Å²) in [6, 6.07) is 0. The van der Waals surface area contributed by atoms with Crippen LogP contribution in [0.4, 0.5) is 0 Å². The van der Waals surface area contributed by atoms with E-state index >= 15 is 0 Å². The molecule has 0 radical (unpaired) electrons. The molecular formula is C13H24O3S. The smallest absolute Gasteiger partial charge is 0.153 e. The standard InChI is InChI=1S/C13H24O3S/c1-17(15,16)12-7-4-9-13(12,14)10-8-11-5-2-3-6-11/h11-12,14H,2-10H2,1H3. The van der Waals surface area contributed by atoms with Gasteiger partial charge in [-0.2, -0.15) is 0 Å². The summed E-state index contributed by atoms with van der Waals surface area (Å²) in [5, 5.41) is 10.1. The summed E-state index contributed by atoms with van der Waals surface area (Å²) in [6.45, 7) is 0. The molecule has 100 valence electrons. The van der Waals surface area contributed by atoms with Crippen molar-refractivity contribution < 1.29 is 13.5 Å². The Morgan fingerprint density at radius 1 is 1.18 bits per heavy atom. The molecule has 2 saturated carbocycles. The molecule has 0 aromatic heterocycles. The van der Waals surface area contributed by atoms with Crippen molar-refractivity contribution in [1.82, 2.24) is 0 Å². The van der Waals surface area contributed by atoms with E-state index < -0.39 is 20.7 Å². The highest BCUT2D eigenvalue weighted by molar-refractivity contribution is 7.91. The molecule has 2 fully saturated rings. The monoisotopic (exact) mass is 260 g/mol. The molecule has 0 saturated heterocycles. The molecule has 3 nitrogen and oxygen atoms in total. The molecule has 2 atom stereocenters. The fourth-order valence-electron chi connectivity index (χ4n) is 3.67. The van der Waals surface area contributed by atoms with Gasteiger partial charge in [0.05, 0.1) is 10.9 Å². The van der Waals surface area contributed by atoms with Gasteiger partial charge in [-0.15, -0.1) is 0 Å². The van der Waals surface area contributed by atoms with E-state index in [9.17, 15) is 13.5 Å². The first kappa shape index (κ1) is 13.3. The van der Waals surface area contributed by atoms with Gasteiger partial charge in [-0.25, -0.2) is 8.42 Å². The van der Waals surface area contributed by atoms with Gasteiger partial charge >= 0.3 is 0 Å². The second kappa shape index (κ2) is 4.88. The fraction of sp³-hybridized carbons (Fsp3) is 1.00. The van der Waals surface area contributed by atoms with Crippen LogP contribution >= 0.6 is 0 Å². The van der Waals surface area contributed by atoms with Crippen molar-refractivity contribution in [2.24, 2.45) is 5.92 Å². The van der Waals surface area contributed by atoms with E-state index in [1.807, 2.05) is 0 Å². The number of hydrogen-bond acceptors (Lipinski definition) is 3. The first-order valence-electron chi connectivity index (χ1n) is 6.83. The van der Waals surface area contributed by atoms with Gasteiger partial charge in [-0.05, 0) is 38.0 Å². The van der Waals surface area contributed by atoms with Crippen molar-refractivity contribution in [3.8, 4) is 0 Å². The van der Waals surface area contributed by atoms with Crippen LogP contribution in [0.5, 0.6) is 0 Å². The summed E-state index contributed by atoms with van der Waals surface area (Å²) in [4.78, 5) is 0. The van der Waals surface area contributed by atoms with Crippen LogP contribution in [0.1, 0.15) is 57.8 Å². The van der Waals surface area contributed by atoms with Crippen LogP contribution in [-0.4, -0.2) is 30.6 Å². The summed E-state index contributed by atoms with van der Waals surface area (Å²) < 4.78 is 23.4. The van der Waals surface area contributed by atoms with Crippen LogP contribution in [0.15, 0.2) is 0 Å². The Bertz CT molecular complexity index is 357. The average molecular weight is 260 g/mol. The van der Waals surface area contributed by atoms with Crippen LogP contribution in [0.3, 0.4) is 0 Å². The van der Waals surface area contributed by atoms with Crippen LogP contribution < -0.4 is 0 Å². The van der Waals surface area contributed by atoms with Gasteiger partial charge < -0.3 is 5.11 Å². The third kappa shape index (κ3) is 3.02. The highest BCUT2D eigenvalue weighted by Gasteiger charge is 2.46. The summed E-state index contributed by atoms with van der Waals surface area (Å²) in [6.07, 6.45) is 10.2. The minimum absolute atomic E-state index is 0.517. The van der Waals surface area contributed by atoms with Gasteiger partial charge in [0.15, 0.2) is 9.84 Å². The molecule has 0 spiro atoms. The topological polar surface area (TPSA) is 54.4 Å². The van der Waals surface area contributed by atoms with Crippen molar-refractivity contribution in [3.63, 3.8) is 0 Å². The molecule has 4 heteroatoms. The van der Waals surface area contributed by atoms with Crippen LogP contribution in [-0.2, 0) is 9.84 Å². The van der Waals surface area contributed by atoms with Gasteiger partial charge in [0.1, 0.15) is 0 Å². The Hall–Kier alpha value is -0.0900. The van der Waals surface area contributed by atoms with E-state index in [0.29, 0.717) is 19.3 Å². The molecule has 1 N–H and O–H groups in total. The Balaban J connectivity index is 1.96. The zero-order chi connectivity index (χ0) is 12.5. The molecule has 0 aliphatic heterocycles. The Morgan fingerprint density at radius 3 is 2.41 bits per heavy atom. The molecule has 0 aromatic carbocycles. The lowest BCUT2D eigenvalue weighted by atomic mass is 9.90. The lowest BCUT2D eigenvalue weighted by molar-refractivity contribution is 0.0355. The quantitative estimate of drug-likeness (QED) is 0.843. The summed E-state index contributed by atoms with van der Waals surface area (Å²) in [5.41, 5.74) is -0.934. The fourth-order valence-corrected chi connectivity index (χ4v) is 5.30. The van der Waals surface area contributed by atoms with E-state index in [1.165, 1.54) is 31.9 Å². The second-order valence-electron chi connectivity index (χ2n) is 6.00. The average Bonchev–Trinajstić information content (AvgIpc) is 2.82. The van der Waals surface area contributed by atoms with E-state index in [1.54, 1.807) is 0 Å². The van der Waals surface area contributed by atoms with E-state index in [2.05, 4.69) is 0 Å². The van der Waals surface area contributed by atoms with Crippen LogP contribution in [0.25, 0.3) is 0 Å². The van der Waals surface area contributed by atoms with E-state index in [0.717, 1.165) is 18.8 Å². The SMILES string of the molecule is CS(=O)(=O)C1CCCC1(O)CCC1CCCC1. The Kier molecular flexibility index (Phi) is 3.83. The number of aliphatic hydroxyl groups is 1. The van der Waals surface area contributed by atoms with Crippen molar-refractivity contribution in [2.75, 3.05) is 6.26 Å². The van der Waals surface area contributed by atoms with Crippen LogP contribution in [0, 0.1) is 5.92 Å². The molecule has 0 heterocycles. The third-order valence-electron chi connectivity index (χ3n) is 4.65. The molecule has 2 unspecified atom stereocenters. The normalized spacial score (nSPS) is 35.5. The molecule has 2 aliphatic carbocycles. The maximum Gasteiger partial charge on any atom is 0.153 e. The Morgan fingerprint density at radius 2 is 1.82 bits per heavy atom. The predicted octanol–water partition coefficient (Wildman–Crippen LogP) is 2.29. The van der Waals surface area contributed by atoms with Gasteiger partial charge in [-0.3, -0.25) is 0 Å².